The lowest BCUT2D eigenvalue weighted by Crippen LogP contribution is -2.56. The lowest BCUT2D eigenvalue weighted by Gasteiger charge is -2.36. The average molecular weight is 1070 g/mol. The first kappa shape index (κ1) is 59.3. The van der Waals surface area contributed by atoms with E-state index in [1.54, 1.807) is 14.1 Å². The van der Waals surface area contributed by atoms with Gasteiger partial charge >= 0.3 is 0 Å². The summed E-state index contributed by atoms with van der Waals surface area (Å²) in [7, 11) is 3.46. The van der Waals surface area contributed by atoms with Crippen molar-refractivity contribution in [1.82, 2.24) is 40.9 Å². The van der Waals surface area contributed by atoms with E-state index in [1.165, 1.54) is 0 Å². The molecule has 4 aliphatic rings. The van der Waals surface area contributed by atoms with Gasteiger partial charge in [0.05, 0.1) is 13.1 Å². The third-order valence-electron chi connectivity index (χ3n) is 16.5. The summed E-state index contributed by atoms with van der Waals surface area (Å²) in [6.07, 6.45) is 14.7. The van der Waals surface area contributed by atoms with Gasteiger partial charge in [0.2, 0.25) is 23.6 Å². The van der Waals surface area contributed by atoms with Gasteiger partial charge in [-0.25, -0.2) is 0 Å². The van der Waals surface area contributed by atoms with E-state index in [9.17, 15) is 28.8 Å². The molecule has 0 aromatic heterocycles. The minimum absolute atomic E-state index is 0.0369. The maximum absolute atomic E-state index is 14.6. The molecule has 0 radical (unpaired) electrons. The fourth-order valence-corrected chi connectivity index (χ4v) is 12.3. The van der Waals surface area contributed by atoms with Crippen molar-refractivity contribution in [2.24, 2.45) is 11.8 Å². The molecule has 2 saturated heterocycles. The third kappa shape index (κ3) is 16.3. The molecule has 14 heteroatoms. The molecule has 4 fully saturated rings. The van der Waals surface area contributed by atoms with Crippen molar-refractivity contribution >= 4 is 35.4 Å². The molecule has 4 unspecified atom stereocenters. The first-order chi connectivity index (χ1) is 38.1. The Morgan fingerprint density at radius 3 is 1.18 bits per heavy atom. The molecule has 2 heterocycles. The van der Waals surface area contributed by atoms with E-state index in [-0.39, 0.29) is 72.5 Å². The van der Waals surface area contributed by atoms with E-state index in [0.717, 1.165) is 112 Å². The zero-order valence-electron chi connectivity index (χ0n) is 47.1. The Bertz CT molecular complexity index is 2340. The van der Waals surface area contributed by atoms with Crippen molar-refractivity contribution in [2.45, 2.75) is 141 Å². The van der Waals surface area contributed by atoms with Crippen LogP contribution in [0, 0.1) is 11.8 Å². The second kappa shape index (κ2) is 30.7. The maximum Gasteiger partial charge on any atom is 0.253 e. The second-order valence-corrected chi connectivity index (χ2v) is 21.7. The maximum atomic E-state index is 14.6. The van der Waals surface area contributed by atoms with Gasteiger partial charge in [0.25, 0.3) is 11.8 Å². The highest BCUT2D eigenvalue weighted by molar-refractivity contribution is 5.96. The number of amides is 6. The number of carbonyl (C=O) groups is 6. The SMILES string of the molecule is CC.CNCC(=O)NC(C(=O)N1CCCC1CN(CCc1ccccc1)C(=O)c1ccc(-c2ccc(C(=O)N(CCc3ccccc3)CC3CCCN3C(=O)C(NC(=O)CNC)C3CCCCC3)cc2)cc1)C1CCCCC1. The number of nitrogens with zero attached hydrogens (tertiary/aromatic N) is 4. The summed E-state index contributed by atoms with van der Waals surface area (Å²) >= 11 is 0. The predicted molar refractivity (Wildman–Crippen MR) is 310 cm³/mol. The van der Waals surface area contributed by atoms with Crippen molar-refractivity contribution in [2.75, 3.05) is 66.5 Å². The van der Waals surface area contributed by atoms with Crippen LogP contribution in [0.25, 0.3) is 11.1 Å². The number of hydrogen-bond donors (Lipinski definition) is 4. The van der Waals surface area contributed by atoms with Gasteiger partial charge in [0.15, 0.2) is 0 Å². The minimum atomic E-state index is -0.580. The summed E-state index contributed by atoms with van der Waals surface area (Å²) in [6.45, 7) is 7.24. The second-order valence-electron chi connectivity index (χ2n) is 21.7. The summed E-state index contributed by atoms with van der Waals surface area (Å²) < 4.78 is 0. The summed E-state index contributed by atoms with van der Waals surface area (Å²) in [4.78, 5) is 91.8. The van der Waals surface area contributed by atoms with Crippen LogP contribution in [0.15, 0.2) is 109 Å². The van der Waals surface area contributed by atoms with Crippen LogP contribution in [-0.4, -0.2) is 146 Å². The first-order valence-electron chi connectivity index (χ1n) is 29.5. The van der Waals surface area contributed by atoms with E-state index in [0.29, 0.717) is 63.2 Å². The van der Waals surface area contributed by atoms with Crippen molar-refractivity contribution in [3.05, 3.63) is 131 Å². The summed E-state index contributed by atoms with van der Waals surface area (Å²) in [5.74, 6) is -0.450. The lowest BCUT2D eigenvalue weighted by atomic mass is 9.83. The molecule has 2 aliphatic carbocycles. The largest absolute Gasteiger partial charge is 0.343 e. The minimum Gasteiger partial charge on any atom is -0.343 e. The molecular formula is C64H88N8O6. The fourth-order valence-electron chi connectivity index (χ4n) is 12.3. The first-order valence-corrected chi connectivity index (χ1v) is 29.5. The highest BCUT2D eigenvalue weighted by atomic mass is 16.2. The monoisotopic (exact) mass is 1060 g/mol. The standard InChI is InChI=1S/C62H82N8O6.C2H6/c1-63-41-55(71)65-57(49-21-11-5-12-22-49)61(75)69-37-15-25-53(69)43-67(39-35-45-17-7-3-8-18-45)59(73)51-31-27-47(28-32-51)48-29-33-52(34-30-48)60(74)68(40-36-46-19-9-4-10-20-46)44-54-26-16-38-70(54)62(76)58(66-56(72)42-64-2)50-23-13-6-14-24-50;1-2/h3-4,7-10,17-20,27-34,49-50,53-54,57-58,63-64H,5-6,11-16,21-26,35-44H2,1-2H3,(H,65,71)(H,66,72);1-2H3. The van der Waals surface area contributed by atoms with Crippen LogP contribution in [0.2, 0.25) is 0 Å². The molecule has 4 aromatic rings. The Morgan fingerprint density at radius 1 is 0.474 bits per heavy atom. The summed E-state index contributed by atoms with van der Waals surface area (Å²) in [5, 5.41) is 12.0. The molecule has 6 amide bonds. The van der Waals surface area contributed by atoms with E-state index in [4.69, 9.17) is 0 Å². The number of hydrogen-bond acceptors (Lipinski definition) is 8. The molecule has 2 saturated carbocycles. The van der Waals surface area contributed by atoms with Gasteiger partial charge in [0, 0.05) is 62.5 Å². The van der Waals surface area contributed by atoms with Gasteiger partial charge in [-0.15, -0.1) is 0 Å². The number of likely N-dealkylation sites (tertiary alicyclic amines) is 2. The van der Waals surface area contributed by atoms with Crippen LogP contribution in [0.1, 0.15) is 136 Å². The molecule has 4 aromatic carbocycles. The Hall–Kier alpha value is -6.38. The van der Waals surface area contributed by atoms with Crippen LogP contribution in [-0.2, 0) is 32.0 Å². The smallest absolute Gasteiger partial charge is 0.253 e. The van der Waals surface area contributed by atoms with Crippen LogP contribution >= 0.6 is 0 Å². The predicted octanol–water partition coefficient (Wildman–Crippen LogP) is 8.30. The molecule has 0 bridgehead atoms. The quantitative estimate of drug-likeness (QED) is 0.0577. The van der Waals surface area contributed by atoms with Crippen LogP contribution in [0.4, 0.5) is 0 Å². The highest BCUT2D eigenvalue weighted by Gasteiger charge is 2.41. The van der Waals surface area contributed by atoms with Gasteiger partial charge in [-0.2, -0.15) is 0 Å². The Balaban J connectivity index is 0.00000436. The van der Waals surface area contributed by atoms with Crippen molar-refractivity contribution in [1.29, 1.82) is 0 Å². The topological polar surface area (TPSA) is 163 Å². The molecule has 2 aliphatic heterocycles. The van der Waals surface area contributed by atoms with Gasteiger partial charge in [-0.05, 0) is 137 Å². The number of rotatable bonds is 23. The van der Waals surface area contributed by atoms with Gasteiger partial charge in [-0.1, -0.05) is 137 Å². The fraction of sp³-hybridized carbons (Fsp3) is 0.531. The molecule has 78 heavy (non-hydrogen) atoms. The van der Waals surface area contributed by atoms with E-state index in [1.807, 2.05) is 118 Å². The highest BCUT2D eigenvalue weighted by Crippen LogP contribution is 2.32. The van der Waals surface area contributed by atoms with Crippen molar-refractivity contribution < 1.29 is 28.8 Å². The summed E-state index contributed by atoms with van der Waals surface area (Å²) in [6, 6.07) is 34.1. The van der Waals surface area contributed by atoms with Crippen LogP contribution in [0.5, 0.6) is 0 Å². The van der Waals surface area contributed by atoms with Gasteiger partial charge < -0.3 is 40.9 Å². The normalized spacial score (nSPS) is 18.5. The summed E-state index contributed by atoms with van der Waals surface area (Å²) in [5.41, 5.74) is 5.17. The van der Waals surface area contributed by atoms with E-state index in [2.05, 4.69) is 45.5 Å². The van der Waals surface area contributed by atoms with Gasteiger partial charge in [0.1, 0.15) is 12.1 Å². The Labute approximate surface area is 464 Å². The zero-order valence-corrected chi connectivity index (χ0v) is 47.1. The molecule has 14 nitrogen and oxygen atoms in total. The molecule has 420 valence electrons. The van der Waals surface area contributed by atoms with Crippen molar-refractivity contribution in [3.63, 3.8) is 0 Å². The molecule has 4 atom stereocenters. The third-order valence-corrected chi connectivity index (χ3v) is 16.5. The van der Waals surface area contributed by atoms with Gasteiger partial charge in [-0.3, -0.25) is 28.8 Å². The number of carbonyl (C=O) groups excluding carboxylic acids is 6. The Kier molecular flexibility index (Phi) is 23.3. The number of likely N-dealkylation sites (N-methyl/N-ethyl adjacent to an activating group) is 2. The van der Waals surface area contributed by atoms with Crippen LogP contribution < -0.4 is 21.3 Å². The molecular weight excluding hydrogens is 977 g/mol. The number of benzene rings is 4. The van der Waals surface area contributed by atoms with E-state index < -0.39 is 12.1 Å². The molecule has 4 N–H and O–H groups in total. The zero-order chi connectivity index (χ0) is 55.2. The van der Waals surface area contributed by atoms with E-state index >= 15 is 0 Å². The molecule has 0 spiro atoms. The van der Waals surface area contributed by atoms with Crippen molar-refractivity contribution in [3.8, 4) is 11.1 Å². The average Bonchev–Trinajstić information content (AvgIpc) is 4.17. The number of nitrogens with one attached hydrogen (secondary N) is 4. The molecule has 8 rings (SSSR count). The Morgan fingerprint density at radius 2 is 0.833 bits per heavy atom. The van der Waals surface area contributed by atoms with Crippen LogP contribution in [0.3, 0.4) is 0 Å². The lowest BCUT2D eigenvalue weighted by molar-refractivity contribution is -0.139.